The lowest BCUT2D eigenvalue weighted by Gasteiger charge is -2.24. The van der Waals surface area contributed by atoms with Gasteiger partial charge in [0.25, 0.3) is 0 Å². The van der Waals surface area contributed by atoms with Gasteiger partial charge in [-0.1, -0.05) is 18.6 Å². The molecule has 0 saturated heterocycles. The molecule has 31 heavy (non-hydrogen) atoms. The van der Waals surface area contributed by atoms with E-state index in [0.717, 1.165) is 33.7 Å². The summed E-state index contributed by atoms with van der Waals surface area (Å²) < 4.78 is 7.13. The predicted octanol–water partition coefficient (Wildman–Crippen LogP) is 4.40. The highest BCUT2D eigenvalue weighted by atomic mass is 16.5. The Morgan fingerprint density at radius 1 is 1.13 bits per heavy atom. The molecule has 1 fully saturated rings. The van der Waals surface area contributed by atoms with Crippen molar-refractivity contribution in [2.75, 3.05) is 5.73 Å². The molecule has 1 saturated carbocycles. The van der Waals surface area contributed by atoms with Crippen LogP contribution < -0.4 is 5.73 Å². The summed E-state index contributed by atoms with van der Waals surface area (Å²) in [6.07, 6.45) is 5.29. The van der Waals surface area contributed by atoms with E-state index < -0.39 is 0 Å². The molecule has 0 atom stereocenters. The molecule has 3 heterocycles. The second-order valence-electron chi connectivity index (χ2n) is 7.86. The number of esters is 1. The predicted molar refractivity (Wildman–Crippen MR) is 119 cm³/mol. The molecule has 0 aliphatic heterocycles. The first kappa shape index (κ1) is 19.2. The quantitative estimate of drug-likeness (QED) is 0.487. The van der Waals surface area contributed by atoms with Crippen LogP contribution in [0, 0.1) is 0 Å². The number of imidazole rings is 1. The van der Waals surface area contributed by atoms with Crippen LogP contribution in [0.1, 0.15) is 43.4 Å². The third-order valence-corrected chi connectivity index (χ3v) is 5.77. The number of hydrogen-bond donors (Lipinski definition) is 1. The van der Waals surface area contributed by atoms with Crippen LogP contribution in [0.4, 0.5) is 5.82 Å². The SMILES string of the molecule is CC(=O)OCc1ccc(-n2c(-c3cccnc3N)nc3ccc(C4CCC4)nc32)cc1. The molecule has 0 bridgehead atoms. The van der Waals surface area contributed by atoms with Crippen LogP contribution in [0.15, 0.2) is 54.7 Å². The molecule has 0 radical (unpaired) electrons. The Morgan fingerprint density at radius 3 is 2.61 bits per heavy atom. The van der Waals surface area contributed by atoms with E-state index in [1.807, 2.05) is 47.0 Å². The van der Waals surface area contributed by atoms with E-state index in [1.165, 1.54) is 26.2 Å². The fourth-order valence-electron chi connectivity index (χ4n) is 3.86. The van der Waals surface area contributed by atoms with Gasteiger partial charge in [-0.3, -0.25) is 9.36 Å². The topological polar surface area (TPSA) is 95.9 Å². The lowest BCUT2D eigenvalue weighted by Crippen LogP contribution is -2.11. The monoisotopic (exact) mass is 413 g/mol. The Labute approximate surface area is 179 Å². The van der Waals surface area contributed by atoms with E-state index in [9.17, 15) is 4.79 Å². The Morgan fingerprint density at radius 2 is 1.94 bits per heavy atom. The number of fused-ring (bicyclic) bond motifs is 1. The number of pyridine rings is 2. The van der Waals surface area contributed by atoms with Crippen molar-refractivity contribution in [3.05, 3.63) is 66.0 Å². The number of anilines is 1. The summed E-state index contributed by atoms with van der Waals surface area (Å²) in [5.74, 6) is 1.34. The normalized spacial score (nSPS) is 13.8. The molecule has 1 aliphatic carbocycles. The average Bonchev–Trinajstić information content (AvgIpc) is 3.10. The van der Waals surface area contributed by atoms with Gasteiger partial charge in [-0.25, -0.2) is 15.0 Å². The second-order valence-corrected chi connectivity index (χ2v) is 7.86. The zero-order chi connectivity index (χ0) is 21.4. The molecular formula is C24H23N5O2. The van der Waals surface area contributed by atoms with Crippen molar-refractivity contribution < 1.29 is 9.53 Å². The number of aromatic nitrogens is 4. The number of nitrogens with zero attached hydrogens (tertiary/aromatic N) is 4. The summed E-state index contributed by atoms with van der Waals surface area (Å²) in [5.41, 5.74) is 11.5. The zero-order valence-corrected chi connectivity index (χ0v) is 17.3. The summed E-state index contributed by atoms with van der Waals surface area (Å²) in [6, 6.07) is 15.7. The molecule has 2 N–H and O–H groups in total. The summed E-state index contributed by atoms with van der Waals surface area (Å²) in [4.78, 5) is 25.2. The molecule has 0 amide bonds. The molecule has 7 heteroatoms. The molecule has 0 unspecified atom stereocenters. The molecule has 3 aromatic heterocycles. The van der Waals surface area contributed by atoms with E-state index in [2.05, 4.69) is 11.1 Å². The minimum atomic E-state index is -0.299. The van der Waals surface area contributed by atoms with E-state index in [1.54, 1.807) is 6.20 Å². The van der Waals surface area contributed by atoms with Crippen molar-refractivity contribution in [3.63, 3.8) is 0 Å². The molecule has 1 aliphatic rings. The number of nitrogen functional groups attached to an aromatic ring is 1. The number of carbonyl (C=O) groups is 1. The molecule has 7 nitrogen and oxygen atoms in total. The molecule has 1 aromatic carbocycles. The van der Waals surface area contributed by atoms with Crippen LogP contribution in [0.3, 0.4) is 0 Å². The zero-order valence-electron chi connectivity index (χ0n) is 17.3. The minimum Gasteiger partial charge on any atom is -0.461 e. The molecule has 0 spiro atoms. The summed E-state index contributed by atoms with van der Waals surface area (Å²) in [7, 11) is 0. The van der Waals surface area contributed by atoms with Crippen LogP contribution in [-0.2, 0) is 16.1 Å². The highest BCUT2D eigenvalue weighted by Gasteiger charge is 2.23. The number of hydrogen-bond acceptors (Lipinski definition) is 6. The van der Waals surface area contributed by atoms with Gasteiger partial charge >= 0.3 is 5.97 Å². The van der Waals surface area contributed by atoms with E-state index in [4.69, 9.17) is 20.4 Å². The second kappa shape index (κ2) is 7.83. The summed E-state index contributed by atoms with van der Waals surface area (Å²) in [5, 5.41) is 0. The van der Waals surface area contributed by atoms with Crippen LogP contribution in [0.5, 0.6) is 0 Å². The first-order valence-electron chi connectivity index (χ1n) is 10.4. The number of rotatable bonds is 5. The van der Waals surface area contributed by atoms with Gasteiger partial charge in [0.15, 0.2) is 11.5 Å². The largest absolute Gasteiger partial charge is 0.461 e. The van der Waals surface area contributed by atoms with Crippen molar-refractivity contribution in [1.29, 1.82) is 0 Å². The number of carbonyl (C=O) groups excluding carboxylic acids is 1. The smallest absolute Gasteiger partial charge is 0.302 e. The number of benzene rings is 1. The summed E-state index contributed by atoms with van der Waals surface area (Å²) >= 11 is 0. The third kappa shape index (κ3) is 3.63. The highest BCUT2D eigenvalue weighted by Crippen LogP contribution is 2.37. The van der Waals surface area contributed by atoms with Gasteiger partial charge in [-0.05, 0) is 54.8 Å². The van der Waals surface area contributed by atoms with E-state index in [0.29, 0.717) is 17.6 Å². The van der Waals surface area contributed by atoms with Crippen molar-refractivity contribution in [1.82, 2.24) is 19.5 Å². The van der Waals surface area contributed by atoms with Crippen LogP contribution in [-0.4, -0.2) is 25.5 Å². The van der Waals surface area contributed by atoms with Gasteiger partial charge in [-0.15, -0.1) is 0 Å². The van der Waals surface area contributed by atoms with Gasteiger partial charge < -0.3 is 10.5 Å². The fraction of sp³-hybridized carbons (Fsp3) is 0.250. The van der Waals surface area contributed by atoms with Crippen molar-refractivity contribution >= 4 is 23.0 Å². The Kier molecular flexibility index (Phi) is 4.86. The standard InChI is InChI=1S/C24H23N5O2/c1-15(30)31-14-16-7-9-18(10-8-16)29-23(19-6-3-13-26-22(19)25)28-21-12-11-20(27-24(21)29)17-4-2-5-17/h3,6-13,17H,2,4-5,14H2,1H3,(H2,25,26). The number of nitrogens with two attached hydrogens (primary N) is 1. The highest BCUT2D eigenvalue weighted by molar-refractivity contribution is 5.83. The number of ether oxygens (including phenoxy) is 1. The molecule has 5 rings (SSSR count). The average molecular weight is 413 g/mol. The lowest BCUT2D eigenvalue weighted by molar-refractivity contribution is -0.142. The van der Waals surface area contributed by atoms with Gasteiger partial charge in [-0.2, -0.15) is 0 Å². The first-order valence-corrected chi connectivity index (χ1v) is 10.4. The van der Waals surface area contributed by atoms with Crippen LogP contribution in [0.25, 0.3) is 28.2 Å². The van der Waals surface area contributed by atoms with Crippen molar-refractivity contribution in [2.45, 2.75) is 38.7 Å². The Balaban J connectivity index is 1.65. The lowest BCUT2D eigenvalue weighted by atomic mass is 9.83. The molecule has 4 aromatic rings. The minimum absolute atomic E-state index is 0.243. The van der Waals surface area contributed by atoms with Gasteiger partial charge in [0.2, 0.25) is 0 Å². The third-order valence-electron chi connectivity index (χ3n) is 5.77. The van der Waals surface area contributed by atoms with E-state index in [-0.39, 0.29) is 12.6 Å². The Bertz CT molecular complexity index is 1260. The first-order chi connectivity index (χ1) is 15.1. The van der Waals surface area contributed by atoms with Crippen LogP contribution >= 0.6 is 0 Å². The van der Waals surface area contributed by atoms with E-state index >= 15 is 0 Å². The van der Waals surface area contributed by atoms with Crippen molar-refractivity contribution in [3.8, 4) is 17.1 Å². The molecular weight excluding hydrogens is 390 g/mol. The maximum absolute atomic E-state index is 11.1. The summed E-state index contributed by atoms with van der Waals surface area (Å²) in [6.45, 7) is 1.65. The van der Waals surface area contributed by atoms with Crippen molar-refractivity contribution in [2.24, 2.45) is 0 Å². The van der Waals surface area contributed by atoms with Gasteiger partial charge in [0.1, 0.15) is 17.9 Å². The maximum atomic E-state index is 11.1. The van der Waals surface area contributed by atoms with Gasteiger partial charge in [0.05, 0.1) is 5.56 Å². The van der Waals surface area contributed by atoms with Crippen LogP contribution in [0.2, 0.25) is 0 Å². The maximum Gasteiger partial charge on any atom is 0.302 e. The fourth-order valence-corrected chi connectivity index (χ4v) is 3.86. The van der Waals surface area contributed by atoms with Gasteiger partial charge in [0, 0.05) is 30.4 Å². The molecule has 156 valence electrons. The Hall–Kier alpha value is -3.74.